The summed E-state index contributed by atoms with van der Waals surface area (Å²) >= 11 is 0. The van der Waals surface area contributed by atoms with Crippen LogP contribution < -0.4 is 0 Å². The van der Waals surface area contributed by atoms with E-state index in [1.165, 1.54) is 23.4 Å². The molecule has 7 heteroatoms. The maximum absolute atomic E-state index is 12.7. The molecule has 3 aromatic rings. The van der Waals surface area contributed by atoms with Crippen LogP contribution in [0, 0.1) is 11.8 Å². The third-order valence-corrected chi connectivity index (χ3v) is 6.50. The third-order valence-electron chi connectivity index (χ3n) is 6.50. The van der Waals surface area contributed by atoms with Crippen molar-refractivity contribution in [3.8, 4) is 11.1 Å². The lowest BCUT2D eigenvalue weighted by Crippen LogP contribution is -2.34. The van der Waals surface area contributed by atoms with Crippen LogP contribution in [-0.4, -0.2) is 51.0 Å². The maximum atomic E-state index is 12.7. The predicted octanol–water partition coefficient (Wildman–Crippen LogP) is 4.14. The van der Waals surface area contributed by atoms with Gasteiger partial charge in [-0.05, 0) is 53.5 Å². The van der Waals surface area contributed by atoms with Gasteiger partial charge in [0.05, 0.1) is 12.7 Å². The SMILES string of the molecule is O=C(O)c1ccn(C(=O)N2C[C@H]3CC(OCc4cccc(-c5ccccc5)c4)C[C@H]3C2)n1. The zero-order chi connectivity index (χ0) is 22.1. The Morgan fingerprint density at radius 2 is 1.69 bits per heavy atom. The number of carbonyl (C=O) groups is 2. The topological polar surface area (TPSA) is 84.7 Å². The van der Waals surface area contributed by atoms with Crippen molar-refractivity contribution in [3.05, 3.63) is 78.1 Å². The van der Waals surface area contributed by atoms with Crippen molar-refractivity contribution < 1.29 is 19.4 Å². The summed E-state index contributed by atoms with van der Waals surface area (Å²) in [6.45, 7) is 1.91. The second kappa shape index (κ2) is 8.59. The summed E-state index contributed by atoms with van der Waals surface area (Å²) in [5.74, 6) is -0.313. The molecular formula is C25H25N3O4. The summed E-state index contributed by atoms with van der Waals surface area (Å²) in [6.07, 6.45) is 3.49. The number of likely N-dealkylation sites (tertiary alicyclic amines) is 1. The third kappa shape index (κ3) is 4.16. The van der Waals surface area contributed by atoms with Gasteiger partial charge in [0.15, 0.2) is 5.69 Å². The zero-order valence-electron chi connectivity index (χ0n) is 17.6. The summed E-state index contributed by atoms with van der Waals surface area (Å²) in [7, 11) is 0. The molecule has 2 heterocycles. The number of benzene rings is 2. The molecule has 1 aromatic heterocycles. The first-order valence-electron chi connectivity index (χ1n) is 10.9. The molecule has 32 heavy (non-hydrogen) atoms. The van der Waals surface area contributed by atoms with E-state index in [-0.39, 0.29) is 17.8 Å². The number of rotatable bonds is 5. The van der Waals surface area contributed by atoms with Gasteiger partial charge >= 0.3 is 12.0 Å². The summed E-state index contributed by atoms with van der Waals surface area (Å²) in [4.78, 5) is 25.4. The van der Waals surface area contributed by atoms with E-state index in [2.05, 4.69) is 41.5 Å². The number of hydrogen-bond donors (Lipinski definition) is 1. The van der Waals surface area contributed by atoms with Crippen molar-refractivity contribution in [1.29, 1.82) is 0 Å². The fourth-order valence-corrected chi connectivity index (χ4v) is 4.91. The molecule has 1 saturated heterocycles. The molecule has 1 amide bonds. The second-order valence-corrected chi connectivity index (χ2v) is 8.63. The van der Waals surface area contributed by atoms with E-state index in [1.54, 1.807) is 4.90 Å². The van der Waals surface area contributed by atoms with Gasteiger partial charge in [-0.1, -0.05) is 48.5 Å². The molecule has 1 unspecified atom stereocenters. The van der Waals surface area contributed by atoms with Gasteiger partial charge in [0.1, 0.15) is 0 Å². The number of aromatic carboxylic acids is 1. The molecule has 5 rings (SSSR count). The number of ether oxygens (including phenoxy) is 1. The minimum atomic E-state index is -1.14. The molecule has 3 atom stereocenters. The Labute approximate surface area is 186 Å². The molecule has 2 aromatic carbocycles. The van der Waals surface area contributed by atoms with Crippen molar-refractivity contribution in [2.75, 3.05) is 13.1 Å². The molecule has 164 valence electrons. The number of carboxylic acids is 1. The van der Waals surface area contributed by atoms with Gasteiger partial charge in [-0.25, -0.2) is 9.59 Å². The van der Waals surface area contributed by atoms with Gasteiger partial charge in [-0.15, -0.1) is 0 Å². The molecule has 0 radical (unpaired) electrons. The van der Waals surface area contributed by atoms with Crippen LogP contribution in [0.3, 0.4) is 0 Å². The Balaban J connectivity index is 1.14. The van der Waals surface area contributed by atoms with Crippen LogP contribution in [0.2, 0.25) is 0 Å². The Morgan fingerprint density at radius 1 is 0.969 bits per heavy atom. The largest absolute Gasteiger partial charge is 0.476 e. The Kier molecular flexibility index (Phi) is 5.49. The number of aromatic nitrogens is 2. The van der Waals surface area contributed by atoms with E-state index in [0.29, 0.717) is 31.5 Å². The van der Waals surface area contributed by atoms with E-state index in [0.717, 1.165) is 23.1 Å². The molecule has 7 nitrogen and oxygen atoms in total. The van der Waals surface area contributed by atoms with Gasteiger partial charge in [0.25, 0.3) is 0 Å². The number of nitrogens with zero attached hydrogens (tertiary/aromatic N) is 3. The van der Waals surface area contributed by atoms with Gasteiger partial charge < -0.3 is 14.7 Å². The number of fused-ring (bicyclic) bond motifs is 1. The zero-order valence-corrected chi connectivity index (χ0v) is 17.6. The van der Waals surface area contributed by atoms with Crippen LogP contribution in [0.15, 0.2) is 66.9 Å². The van der Waals surface area contributed by atoms with Crippen LogP contribution in [0.1, 0.15) is 28.9 Å². The molecule has 0 bridgehead atoms. The highest BCUT2D eigenvalue weighted by Crippen LogP contribution is 2.40. The predicted molar refractivity (Wildman–Crippen MR) is 118 cm³/mol. The minimum absolute atomic E-state index is 0.123. The lowest BCUT2D eigenvalue weighted by Gasteiger charge is -2.19. The van der Waals surface area contributed by atoms with E-state index >= 15 is 0 Å². The quantitative estimate of drug-likeness (QED) is 0.656. The fraction of sp³-hybridized carbons (Fsp3) is 0.320. The second-order valence-electron chi connectivity index (χ2n) is 8.63. The van der Waals surface area contributed by atoms with Gasteiger partial charge in [-0.2, -0.15) is 9.78 Å². The molecule has 1 N–H and O–H groups in total. The Bertz CT molecular complexity index is 1110. The fourth-order valence-electron chi connectivity index (χ4n) is 4.91. The van der Waals surface area contributed by atoms with E-state index in [9.17, 15) is 9.59 Å². The highest BCUT2D eigenvalue weighted by Gasteiger charge is 2.43. The minimum Gasteiger partial charge on any atom is -0.476 e. The van der Waals surface area contributed by atoms with Gasteiger partial charge in [-0.3, -0.25) is 0 Å². The van der Waals surface area contributed by atoms with Crippen LogP contribution in [0.4, 0.5) is 4.79 Å². The van der Waals surface area contributed by atoms with Gasteiger partial charge in [0.2, 0.25) is 0 Å². The molecule has 2 aliphatic rings. The monoisotopic (exact) mass is 431 g/mol. The van der Waals surface area contributed by atoms with Crippen LogP contribution in [0.25, 0.3) is 11.1 Å². The molecule has 1 aliphatic carbocycles. The van der Waals surface area contributed by atoms with Gasteiger partial charge in [0, 0.05) is 19.3 Å². The van der Waals surface area contributed by atoms with Crippen molar-refractivity contribution in [2.45, 2.75) is 25.6 Å². The normalized spacial score (nSPS) is 22.1. The van der Waals surface area contributed by atoms with Crippen molar-refractivity contribution in [1.82, 2.24) is 14.7 Å². The first kappa shape index (κ1) is 20.5. The maximum Gasteiger partial charge on any atom is 0.356 e. The molecule has 1 aliphatic heterocycles. The lowest BCUT2D eigenvalue weighted by molar-refractivity contribution is 0.0383. The average Bonchev–Trinajstić information content (AvgIpc) is 3.53. The molecular weight excluding hydrogens is 406 g/mol. The Morgan fingerprint density at radius 3 is 2.38 bits per heavy atom. The highest BCUT2D eigenvalue weighted by molar-refractivity contribution is 5.86. The molecule has 2 fully saturated rings. The highest BCUT2D eigenvalue weighted by atomic mass is 16.5. The first-order valence-corrected chi connectivity index (χ1v) is 10.9. The van der Waals surface area contributed by atoms with E-state index < -0.39 is 5.97 Å². The number of carbonyl (C=O) groups excluding carboxylic acids is 1. The van der Waals surface area contributed by atoms with Crippen molar-refractivity contribution >= 4 is 12.0 Å². The average molecular weight is 431 g/mol. The smallest absolute Gasteiger partial charge is 0.356 e. The van der Waals surface area contributed by atoms with Crippen LogP contribution in [0.5, 0.6) is 0 Å². The number of carboxylic acid groups (broad SMARTS) is 1. The summed E-state index contributed by atoms with van der Waals surface area (Å²) in [5, 5.41) is 12.9. The van der Waals surface area contributed by atoms with E-state index in [1.807, 2.05) is 18.2 Å². The summed E-state index contributed by atoms with van der Waals surface area (Å²) in [6, 6.07) is 19.9. The van der Waals surface area contributed by atoms with Crippen LogP contribution >= 0.6 is 0 Å². The summed E-state index contributed by atoms with van der Waals surface area (Å²) < 4.78 is 7.36. The molecule has 0 spiro atoms. The van der Waals surface area contributed by atoms with E-state index in [4.69, 9.17) is 9.84 Å². The lowest BCUT2D eigenvalue weighted by atomic mass is 10.0. The standard InChI is InChI=1S/C25H25N3O4/c29-24(30)23-9-10-28(26-23)25(31)27-14-20-12-22(13-21(20)15-27)32-16-17-5-4-8-19(11-17)18-6-2-1-3-7-18/h1-11,20-22H,12-16H2,(H,29,30)/t20-,21+,22?. The summed E-state index contributed by atoms with van der Waals surface area (Å²) in [5.41, 5.74) is 3.42. The van der Waals surface area contributed by atoms with Crippen LogP contribution in [-0.2, 0) is 11.3 Å². The number of amides is 1. The molecule has 1 saturated carbocycles. The number of hydrogen-bond acceptors (Lipinski definition) is 4. The first-order chi connectivity index (χ1) is 15.6. The van der Waals surface area contributed by atoms with Crippen molar-refractivity contribution in [3.63, 3.8) is 0 Å². The Hall–Kier alpha value is -3.45. The van der Waals surface area contributed by atoms with Crippen molar-refractivity contribution in [2.24, 2.45) is 11.8 Å².